The molecule has 0 unspecified atom stereocenters. The van der Waals surface area contributed by atoms with Crippen LogP contribution in [0.4, 0.5) is 0 Å². The Morgan fingerprint density at radius 3 is 1.78 bits per heavy atom. The smallest absolute Gasteiger partial charge is 0.135 e. The summed E-state index contributed by atoms with van der Waals surface area (Å²) in [7, 11) is 0. The van der Waals surface area contributed by atoms with Crippen molar-refractivity contribution < 1.29 is 4.42 Å². The van der Waals surface area contributed by atoms with E-state index >= 15 is 0 Å². The van der Waals surface area contributed by atoms with E-state index in [1.54, 1.807) is 0 Å². The molecule has 15 aromatic rings. The molecule has 3 aromatic heterocycles. The van der Waals surface area contributed by atoms with Crippen molar-refractivity contribution >= 4 is 129 Å². The third kappa shape index (κ3) is 4.93. The summed E-state index contributed by atoms with van der Waals surface area (Å²) >= 11 is 1.89. The number of fused-ring (bicyclic) bond motifs is 19. The van der Waals surface area contributed by atoms with E-state index < -0.39 is 0 Å². The number of aromatic nitrogens is 1. The molecular weight excluding hydrogens is 807 g/mol. The molecular formula is C62H35NOS. The van der Waals surface area contributed by atoms with E-state index in [1.807, 2.05) is 11.3 Å². The number of hydrogen-bond acceptors (Lipinski definition) is 2. The molecule has 0 N–H and O–H groups in total. The molecule has 3 heteroatoms. The Labute approximate surface area is 376 Å². The Morgan fingerprint density at radius 2 is 0.908 bits per heavy atom. The summed E-state index contributed by atoms with van der Waals surface area (Å²) in [6, 6.07) is 78.5. The third-order valence-electron chi connectivity index (χ3n) is 14.2. The van der Waals surface area contributed by atoms with Crippen molar-refractivity contribution in [3.8, 4) is 27.9 Å². The minimum Gasteiger partial charge on any atom is -0.456 e. The number of nitrogens with zero attached hydrogens (tertiary/aromatic N) is 1. The Balaban J connectivity index is 0.919. The van der Waals surface area contributed by atoms with Crippen molar-refractivity contribution in [2.45, 2.75) is 0 Å². The normalized spacial score (nSPS) is 12.3. The zero-order valence-electron chi connectivity index (χ0n) is 35.0. The molecule has 3 heterocycles. The van der Waals surface area contributed by atoms with Crippen LogP contribution in [-0.2, 0) is 0 Å². The van der Waals surface area contributed by atoms with Gasteiger partial charge in [0.05, 0.1) is 21.4 Å². The number of para-hydroxylation sites is 1. The predicted molar refractivity (Wildman–Crippen MR) is 279 cm³/mol. The molecule has 0 fully saturated rings. The summed E-state index contributed by atoms with van der Waals surface area (Å²) in [4.78, 5) is 0. The number of benzene rings is 12. The van der Waals surface area contributed by atoms with E-state index in [4.69, 9.17) is 4.42 Å². The summed E-state index contributed by atoms with van der Waals surface area (Å²) in [6.07, 6.45) is 0. The lowest BCUT2D eigenvalue weighted by Crippen LogP contribution is -1.94. The molecule has 0 radical (unpaired) electrons. The lowest BCUT2D eigenvalue weighted by Gasteiger charge is -2.14. The van der Waals surface area contributed by atoms with Crippen LogP contribution in [0.5, 0.6) is 0 Å². The SMILES string of the molecule is c1ccc2c(c1)ccc1c(-c3ccc4oc5ccc(-c6ccc7c(c6)c6ccccc6c6c7ccc7c6c6ccccc6n7-c6cccc7c6sc6ccccc67)cc5c4c3)cccc12. The second-order valence-corrected chi connectivity index (χ2v) is 18.6. The number of furan rings is 1. The molecule has 0 spiro atoms. The Morgan fingerprint density at radius 1 is 0.323 bits per heavy atom. The van der Waals surface area contributed by atoms with Crippen LogP contribution in [0.3, 0.4) is 0 Å². The highest BCUT2D eigenvalue weighted by atomic mass is 32.1. The van der Waals surface area contributed by atoms with Crippen LogP contribution in [0.1, 0.15) is 0 Å². The molecule has 0 bridgehead atoms. The molecule has 2 nitrogen and oxygen atoms in total. The first-order valence-corrected chi connectivity index (χ1v) is 23.1. The zero-order valence-corrected chi connectivity index (χ0v) is 35.8. The van der Waals surface area contributed by atoms with E-state index in [2.05, 4.69) is 217 Å². The van der Waals surface area contributed by atoms with Crippen molar-refractivity contribution in [2.24, 2.45) is 0 Å². The van der Waals surface area contributed by atoms with Gasteiger partial charge < -0.3 is 8.98 Å². The zero-order chi connectivity index (χ0) is 42.3. The Kier molecular flexibility index (Phi) is 7.13. The first-order chi connectivity index (χ1) is 32.2. The first-order valence-electron chi connectivity index (χ1n) is 22.3. The lowest BCUT2D eigenvalue weighted by atomic mass is 9.90. The molecule has 0 saturated heterocycles. The topological polar surface area (TPSA) is 18.1 Å². The fourth-order valence-corrected chi connectivity index (χ4v) is 12.5. The van der Waals surface area contributed by atoms with Crippen molar-refractivity contribution in [3.63, 3.8) is 0 Å². The molecule has 300 valence electrons. The van der Waals surface area contributed by atoms with Gasteiger partial charge in [-0.3, -0.25) is 0 Å². The quantitative estimate of drug-likeness (QED) is 0.162. The van der Waals surface area contributed by atoms with Gasteiger partial charge in [0.2, 0.25) is 0 Å². The lowest BCUT2D eigenvalue weighted by molar-refractivity contribution is 0.669. The summed E-state index contributed by atoms with van der Waals surface area (Å²) in [6.45, 7) is 0. The highest BCUT2D eigenvalue weighted by molar-refractivity contribution is 7.26. The van der Waals surface area contributed by atoms with Crippen LogP contribution in [0.2, 0.25) is 0 Å². The van der Waals surface area contributed by atoms with E-state index in [0.29, 0.717) is 0 Å². The summed E-state index contributed by atoms with van der Waals surface area (Å²) in [5, 5.41) is 20.1. The maximum Gasteiger partial charge on any atom is 0.135 e. The van der Waals surface area contributed by atoms with Gasteiger partial charge in [0.1, 0.15) is 11.2 Å². The molecule has 0 aliphatic carbocycles. The minimum absolute atomic E-state index is 0.897. The van der Waals surface area contributed by atoms with Gasteiger partial charge in [0.25, 0.3) is 0 Å². The van der Waals surface area contributed by atoms with Gasteiger partial charge >= 0.3 is 0 Å². The summed E-state index contributed by atoms with van der Waals surface area (Å²) in [5.41, 5.74) is 10.2. The molecule has 15 rings (SSSR count). The number of hydrogen-bond donors (Lipinski definition) is 0. The average Bonchev–Trinajstić information content (AvgIpc) is 4.05. The molecule has 65 heavy (non-hydrogen) atoms. The highest BCUT2D eigenvalue weighted by Gasteiger charge is 2.21. The summed E-state index contributed by atoms with van der Waals surface area (Å²) in [5.74, 6) is 0. The number of thiophene rings is 1. The summed E-state index contributed by atoms with van der Waals surface area (Å²) < 4.78 is 11.6. The van der Waals surface area contributed by atoms with Gasteiger partial charge in [0.15, 0.2) is 0 Å². The van der Waals surface area contributed by atoms with Gasteiger partial charge in [-0.05, 0) is 125 Å². The van der Waals surface area contributed by atoms with Crippen molar-refractivity contribution in [1.29, 1.82) is 0 Å². The van der Waals surface area contributed by atoms with E-state index in [1.165, 1.54) is 124 Å². The van der Waals surface area contributed by atoms with Gasteiger partial charge in [-0.2, -0.15) is 0 Å². The van der Waals surface area contributed by atoms with Crippen LogP contribution in [0, 0.1) is 0 Å². The van der Waals surface area contributed by atoms with Crippen LogP contribution < -0.4 is 0 Å². The largest absolute Gasteiger partial charge is 0.456 e. The van der Waals surface area contributed by atoms with Gasteiger partial charge in [-0.1, -0.05) is 158 Å². The third-order valence-corrected chi connectivity index (χ3v) is 15.4. The molecule has 0 atom stereocenters. The average molecular weight is 842 g/mol. The van der Waals surface area contributed by atoms with Crippen molar-refractivity contribution in [1.82, 2.24) is 4.57 Å². The van der Waals surface area contributed by atoms with Gasteiger partial charge in [-0.15, -0.1) is 11.3 Å². The van der Waals surface area contributed by atoms with E-state index in [-0.39, 0.29) is 0 Å². The van der Waals surface area contributed by atoms with E-state index in [0.717, 1.165) is 21.9 Å². The standard InChI is InChI=1S/C62H35NOS/c1-2-12-40-36(11-1)23-27-44-41(17-9-18-42(40)44)39-26-32-58-53(35-39)52-34-38(25-31-57(52)64-58)37-24-28-45-48-29-30-55-61(60(48)47-15-4-3-13-43(47)51(45)33-37)50-16-5-7-20-54(50)63(55)56-21-10-19-49-46-14-6-8-22-59(46)65-62(49)56/h1-35H. The van der Waals surface area contributed by atoms with Gasteiger partial charge in [-0.25, -0.2) is 0 Å². The Bertz CT molecular complexity index is 4520. The van der Waals surface area contributed by atoms with Crippen molar-refractivity contribution in [3.05, 3.63) is 212 Å². The number of rotatable bonds is 3. The van der Waals surface area contributed by atoms with Gasteiger partial charge in [0, 0.05) is 42.4 Å². The molecule has 0 amide bonds. The minimum atomic E-state index is 0.897. The highest BCUT2D eigenvalue weighted by Crippen LogP contribution is 2.47. The predicted octanol–water partition coefficient (Wildman–Crippen LogP) is 18.2. The molecule has 0 aliphatic rings. The first kappa shape index (κ1) is 35.2. The second-order valence-electron chi connectivity index (χ2n) is 17.5. The second kappa shape index (κ2) is 13.2. The maximum absolute atomic E-state index is 6.48. The van der Waals surface area contributed by atoms with Crippen LogP contribution in [0.25, 0.3) is 146 Å². The fourth-order valence-electron chi connectivity index (χ4n) is 11.3. The van der Waals surface area contributed by atoms with Crippen LogP contribution >= 0.6 is 11.3 Å². The maximum atomic E-state index is 6.48. The van der Waals surface area contributed by atoms with Crippen LogP contribution in [0.15, 0.2) is 217 Å². The Hall–Kier alpha value is -8.24. The van der Waals surface area contributed by atoms with Crippen molar-refractivity contribution in [2.75, 3.05) is 0 Å². The van der Waals surface area contributed by atoms with Crippen LogP contribution in [-0.4, -0.2) is 4.57 Å². The monoisotopic (exact) mass is 841 g/mol. The fraction of sp³-hybridized carbons (Fsp3) is 0. The molecule has 0 aliphatic heterocycles. The molecule has 0 saturated carbocycles. The molecule has 12 aromatic carbocycles. The van der Waals surface area contributed by atoms with E-state index in [9.17, 15) is 0 Å².